The van der Waals surface area contributed by atoms with Crippen molar-refractivity contribution in [2.24, 2.45) is 0 Å². The number of unbranched alkanes of at least 4 members (excludes halogenated alkanes) is 2. The summed E-state index contributed by atoms with van der Waals surface area (Å²) in [6, 6.07) is 3.70. The van der Waals surface area contributed by atoms with Crippen LogP contribution in [0.5, 0.6) is 5.75 Å². The van der Waals surface area contributed by atoms with E-state index in [4.69, 9.17) is 4.74 Å². The maximum Gasteiger partial charge on any atom is 0.262 e. The Morgan fingerprint density at radius 3 is 2.66 bits per heavy atom. The minimum atomic E-state index is -0.975. The standard InChI is InChI=1S/C20H23N3O6/c24-10-9-21-8-2-1-3-11-29-13-4-5-14-15(12-13)20(28)23(19(14)27)16-6-7-17(25)22-18(16)26/h4-5,10,12,16,21H,1-3,6-9,11H2,(H,22,25,26). The van der Waals surface area contributed by atoms with E-state index in [1.165, 1.54) is 12.1 Å². The first-order chi connectivity index (χ1) is 14.0. The van der Waals surface area contributed by atoms with E-state index < -0.39 is 29.7 Å². The van der Waals surface area contributed by atoms with Crippen molar-refractivity contribution in [3.8, 4) is 5.75 Å². The highest BCUT2D eigenvalue weighted by atomic mass is 16.5. The van der Waals surface area contributed by atoms with Crippen molar-refractivity contribution in [3.05, 3.63) is 29.3 Å². The van der Waals surface area contributed by atoms with E-state index in [0.29, 0.717) is 18.9 Å². The summed E-state index contributed by atoms with van der Waals surface area (Å²) in [4.78, 5) is 59.9. The van der Waals surface area contributed by atoms with Crippen LogP contribution in [0.2, 0.25) is 0 Å². The zero-order valence-corrected chi connectivity index (χ0v) is 15.9. The van der Waals surface area contributed by atoms with Gasteiger partial charge in [0.05, 0.1) is 24.3 Å². The van der Waals surface area contributed by atoms with Gasteiger partial charge in [-0.25, -0.2) is 0 Å². The van der Waals surface area contributed by atoms with Crippen LogP contribution in [0.4, 0.5) is 0 Å². The molecule has 3 rings (SSSR count). The molecule has 1 unspecified atom stereocenters. The molecule has 2 aliphatic rings. The number of carbonyl (C=O) groups excluding carboxylic acids is 5. The van der Waals surface area contributed by atoms with E-state index in [1.54, 1.807) is 6.07 Å². The van der Waals surface area contributed by atoms with Crippen molar-refractivity contribution in [1.82, 2.24) is 15.5 Å². The van der Waals surface area contributed by atoms with Gasteiger partial charge in [0, 0.05) is 6.42 Å². The van der Waals surface area contributed by atoms with Crippen LogP contribution in [-0.2, 0) is 14.4 Å². The molecule has 1 aromatic rings. The fraction of sp³-hybridized carbons (Fsp3) is 0.450. The second kappa shape index (κ2) is 9.42. The normalized spacial score (nSPS) is 18.6. The van der Waals surface area contributed by atoms with E-state index in [9.17, 15) is 24.0 Å². The Hall–Kier alpha value is -3.07. The van der Waals surface area contributed by atoms with E-state index in [-0.39, 0.29) is 24.0 Å². The first-order valence-corrected chi connectivity index (χ1v) is 9.65. The second-order valence-corrected chi connectivity index (χ2v) is 6.93. The third kappa shape index (κ3) is 4.68. The van der Waals surface area contributed by atoms with Gasteiger partial charge in [0.1, 0.15) is 18.1 Å². The van der Waals surface area contributed by atoms with Gasteiger partial charge in [-0.2, -0.15) is 0 Å². The largest absolute Gasteiger partial charge is 0.494 e. The van der Waals surface area contributed by atoms with Crippen molar-refractivity contribution in [1.29, 1.82) is 0 Å². The lowest BCUT2D eigenvalue weighted by Gasteiger charge is -2.27. The molecule has 0 bridgehead atoms. The van der Waals surface area contributed by atoms with Crippen LogP contribution in [0, 0.1) is 0 Å². The van der Waals surface area contributed by atoms with Crippen LogP contribution in [0.1, 0.15) is 52.8 Å². The van der Waals surface area contributed by atoms with Gasteiger partial charge in [0.25, 0.3) is 11.8 Å². The highest BCUT2D eigenvalue weighted by Crippen LogP contribution is 2.30. The predicted octanol–water partition coefficient (Wildman–Crippen LogP) is 0.425. The lowest BCUT2D eigenvalue weighted by Crippen LogP contribution is -2.54. The maximum absolute atomic E-state index is 12.7. The lowest BCUT2D eigenvalue weighted by molar-refractivity contribution is -0.136. The number of carbonyl (C=O) groups is 5. The second-order valence-electron chi connectivity index (χ2n) is 6.93. The molecule has 2 aliphatic heterocycles. The van der Waals surface area contributed by atoms with E-state index in [0.717, 1.165) is 37.0 Å². The van der Waals surface area contributed by atoms with Gasteiger partial charge in [-0.05, 0) is 50.4 Å². The van der Waals surface area contributed by atoms with E-state index >= 15 is 0 Å². The number of aldehydes is 1. The molecule has 1 aromatic carbocycles. The Labute approximate surface area is 167 Å². The van der Waals surface area contributed by atoms with Gasteiger partial charge in [-0.15, -0.1) is 0 Å². The van der Waals surface area contributed by atoms with E-state index in [1.807, 2.05) is 0 Å². The Bertz CT molecular complexity index is 838. The Morgan fingerprint density at radius 1 is 1.10 bits per heavy atom. The van der Waals surface area contributed by atoms with Gasteiger partial charge in [-0.3, -0.25) is 29.4 Å². The average Bonchev–Trinajstić information content (AvgIpc) is 2.94. The maximum atomic E-state index is 12.7. The SMILES string of the molecule is O=CCNCCCCCOc1ccc2c(c1)C(=O)N(C1CCC(=O)NC1=O)C2=O. The summed E-state index contributed by atoms with van der Waals surface area (Å²) in [6.45, 7) is 1.59. The molecule has 154 valence electrons. The van der Waals surface area contributed by atoms with Crippen LogP contribution < -0.4 is 15.4 Å². The zero-order valence-electron chi connectivity index (χ0n) is 15.9. The molecule has 0 saturated carbocycles. The summed E-state index contributed by atoms with van der Waals surface area (Å²) in [6.07, 6.45) is 3.70. The molecule has 0 spiro atoms. The smallest absolute Gasteiger partial charge is 0.262 e. The molecule has 1 atom stereocenters. The molecule has 0 aromatic heterocycles. The molecule has 0 radical (unpaired) electrons. The fourth-order valence-electron chi connectivity index (χ4n) is 3.42. The molecule has 1 saturated heterocycles. The number of piperidine rings is 1. The Balaban J connectivity index is 1.56. The topological polar surface area (TPSA) is 122 Å². The van der Waals surface area contributed by atoms with Crippen molar-refractivity contribution < 1.29 is 28.7 Å². The number of nitrogens with one attached hydrogen (secondary N) is 2. The number of nitrogens with zero attached hydrogens (tertiary/aromatic N) is 1. The summed E-state index contributed by atoms with van der Waals surface area (Å²) >= 11 is 0. The number of hydrogen-bond acceptors (Lipinski definition) is 7. The van der Waals surface area contributed by atoms with Crippen LogP contribution in [0.15, 0.2) is 18.2 Å². The van der Waals surface area contributed by atoms with Crippen LogP contribution in [-0.4, -0.2) is 60.6 Å². The summed E-state index contributed by atoms with van der Waals surface area (Å²) < 4.78 is 5.68. The van der Waals surface area contributed by atoms with Gasteiger partial charge < -0.3 is 14.8 Å². The van der Waals surface area contributed by atoms with E-state index in [2.05, 4.69) is 10.6 Å². The molecule has 2 heterocycles. The number of imide groups is 2. The molecule has 9 heteroatoms. The summed E-state index contributed by atoms with van der Waals surface area (Å²) in [5.74, 6) is -1.64. The number of hydrogen-bond donors (Lipinski definition) is 2. The third-order valence-electron chi connectivity index (χ3n) is 4.91. The molecule has 4 amide bonds. The lowest BCUT2D eigenvalue weighted by atomic mass is 10.0. The van der Waals surface area contributed by atoms with Gasteiger partial charge in [0.2, 0.25) is 11.8 Å². The van der Waals surface area contributed by atoms with Crippen molar-refractivity contribution in [2.45, 2.75) is 38.1 Å². The molecule has 9 nitrogen and oxygen atoms in total. The van der Waals surface area contributed by atoms with Crippen LogP contribution >= 0.6 is 0 Å². The Morgan fingerprint density at radius 2 is 1.90 bits per heavy atom. The van der Waals surface area contributed by atoms with Crippen LogP contribution in [0.3, 0.4) is 0 Å². The molecular weight excluding hydrogens is 378 g/mol. The highest BCUT2D eigenvalue weighted by molar-refractivity contribution is 6.23. The summed E-state index contributed by atoms with van der Waals surface area (Å²) in [5.41, 5.74) is 0.434. The predicted molar refractivity (Wildman–Crippen MR) is 101 cm³/mol. The number of benzene rings is 1. The summed E-state index contributed by atoms with van der Waals surface area (Å²) in [5, 5.41) is 5.16. The number of ether oxygens (including phenoxy) is 1. The number of amides is 4. The minimum absolute atomic E-state index is 0.0861. The molecule has 2 N–H and O–H groups in total. The Kier molecular flexibility index (Phi) is 6.71. The molecular formula is C20H23N3O6. The monoisotopic (exact) mass is 401 g/mol. The molecule has 29 heavy (non-hydrogen) atoms. The fourth-order valence-corrected chi connectivity index (χ4v) is 3.42. The minimum Gasteiger partial charge on any atom is -0.494 e. The molecule has 0 aliphatic carbocycles. The van der Waals surface area contributed by atoms with Crippen molar-refractivity contribution >= 4 is 29.9 Å². The highest BCUT2D eigenvalue weighted by Gasteiger charge is 2.44. The van der Waals surface area contributed by atoms with Crippen LogP contribution in [0.25, 0.3) is 0 Å². The zero-order chi connectivity index (χ0) is 20.8. The first-order valence-electron chi connectivity index (χ1n) is 9.65. The molecule has 1 fully saturated rings. The third-order valence-corrected chi connectivity index (χ3v) is 4.91. The van der Waals surface area contributed by atoms with Gasteiger partial charge in [0.15, 0.2) is 0 Å². The quantitative estimate of drug-likeness (QED) is 0.331. The number of rotatable bonds is 10. The summed E-state index contributed by atoms with van der Waals surface area (Å²) in [7, 11) is 0. The first kappa shape index (κ1) is 20.7. The average molecular weight is 401 g/mol. The van der Waals surface area contributed by atoms with Gasteiger partial charge >= 0.3 is 0 Å². The van der Waals surface area contributed by atoms with Gasteiger partial charge in [-0.1, -0.05) is 0 Å². The number of fused-ring (bicyclic) bond motifs is 1. The van der Waals surface area contributed by atoms with Crippen molar-refractivity contribution in [2.75, 3.05) is 19.7 Å². The van der Waals surface area contributed by atoms with Crippen molar-refractivity contribution in [3.63, 3.8) is 0 Å².